The quantitative estimate of drug-likeness (QED) is 0.297. The average Bonchev–Trinajstić information content (AvgIpc) is 3.08. The fraction of sp³-hybridized carbons (Fsp3) is 0.185. The van der Waals surface area contributed by atoms with E-state index >= 15 is 0 Å². The number of amides is 1. The number of anilines is 1. The number of aromatic hydroxyl groups is 1. The van der Waals surface area contributed by atoms with Crippen LogP contribution in [0, 0.1) is 12.7 Å². The van der Waals surface area contributed by atoms with E-state index in [4.69, 9.17) is 4.74 Å². The van der Waals surface area contributed by atoms with E-state index in [0.29, 0.717) is 12.4 Å². The normalized spacial score (nSPS) is 17.3. The smallest absolute Gasteiger partial charge is 0.300 e. The van der Waals surface area contributed by atoms with Crippen LogP contribution >= 0.6 is 0 Å². The summed E-state index contributed by atoms with van der Waals surface area (Å²) in [6.45, 7) is 4.32. The monoisotopic (exact) mass is 461 g/mol. The Bertz CT molecular complexity index is 1300. The molecule has 1 saturated heterocycles. The van der Waals surface area contributed by atoms with Crippen LogP contribution in [0.5, 0.6) is 11.5 Å². The molecule has 0 saturated carbocycles. The Morgan fingerprint density at radius 1 is 1.06 bits per heavy atom. The van der Waals surface area contributed by atoms with Crippen LogP contribution < -0.4 is 9.64 Å². The van der Waals surface area contributed by atoms with Gasteiger partial charge in [-0.1, -0.05) is 37.3 Å². The van der Waals surface area contributed by atoms with Crippen LogP contribution in [0.3, 0.4) is 0 Å². The number of benzene rings is 3. The molecule has 0 spiro atoms. The Morgan fingerprint density at radius 3 is 2.44 bits per heavy atom. The Kier molecular flexibility index (Phi) is 6.36. The maximum absolute atomic E-state index is 14.9. The van der Waals surface area contributed by atoms with Crippen molar-refractivity contribution in [2.75, 3.05) is 11.5 Å². The molecule has 1 aliphatic rings. The van der Waals surface area contributed by atoms with Crippen LogP contribution in [0.4, 0.5) is 10.1 Å². The van der Waals surface area contributed by atoms with Gasteiger partial charge >= 0.3 is 0 Å². The van der Waals surface area contributed by atoms with E-state index in [1.165, 1.54) is 30.3 Å². The van der Waals surface area contributed by atoms with Crippen molar-refractivity contribution < 1.29 is 28.9 Å². The highest BCUT2D eigenvalue weighted by atomic mass is 19.1. The Labute approximate surface area is 196 Å². The summed E-state index contributed by atoms with van der Waals surface area (Å²) in [5.74, 6) is -2.65. The fourth-order valence-corrected chi connectivity index (χ4v) is 4.07. The molecule has 1 unspecified atom stereocenters. The van der Waals surface area contributed by atoms with Crippen LogP contribution in [0.1, 0.15) is 36.1 Å². The summed E-state index contributed by atoms with van der Waals surface area (Å²) in [7, 11) is 0. The molecular weight excluding hydrogens is 437 g/mol. The van der Waals surface area contributed by atoms with Gasteiger partial charge < -0.3 is 14.9 Å². The van der Waals surface area contributed by atoms with Gasteiger partial charge in [0.25, 0.3) is 11.7 Å². The van der Waals surface area contributed by atoms with Gasteiger partial charge in [0.05, 0.1) is 23.9 Å². The molecule has 6 nitrogen and oxygen atoms in total. The molecule has 0 aromatic heterocycles. The van der Waals surface area contributed by atoms with E-state index in [0.717, 1.165) is 16.9 Å². The van der Waals surface area contributed by atoms with Gasteiger partial charge in [-0.15, -0.1) is 0 Å². The number of nitrogens with zero attached hydrogens (tertiary/aromatic N) is 1. The number of aryl methyl sites for hydroxylation is 1. The number of carbonyl (C=O) groups is 2. The largest absolute Gasteiger partial charge is 0.507 e. The first-order chi connectivity index (χ1) is 16.3. The van der Waals surface area contributed by atoms with Crippen molar-refractivity contribution in [3.63, 3.8) is 0 Å². The number of rotatable bonds is 6. The predicted molar refractivity (Wildman–Crippen MR) is 126 cm³/mol. The number of para-hydroxylation sites is 2. The first-order valence-electron chi connectivity index (χ1n) is 10.9. The number of ketones is 1. The Hall–Kier alpha value is -4.13. The third-order valence-electron chi connectivity index (χ3n) is 5.70. The number of hydrogen-bond acceptors (Lipinski definition) is 5. The lowest BCUT2D eigenvalue weighted by Crippen LogP contribution is -2.29. The molecular formula is C27H24FNO5. The minimum atomic E-state index is -1.27. The molecule has 1 aliphatic heterocycles. The van der Waals surface area contributed by atoms with Crippen molar-refractivity contribution in [2.45, 2.75) is 26.3 Å². The van der Waals surface area contributed by atoms with Gasteiger partial charge in [-0.3, -0.25) is 14.5 Å². The number of phenols is 1. The van der Waals surface area contributed by atoms with Crippen LogP contribution in [-0.4, -0.2) is 28.5 Å². The van der Waals surface area contributed by atoms with Crippen molar-refractivity contribution in [1.29, 1.82) is 0 Å². The van der Waals surface area contributed by atoms with Gasteiger partial charge in [-0.05, 0) is 55.3 Å². The van der Waals surface area contributed by atoms with Gasteiger partial charge in [0, 0.05) is 11.1 Å². The van der Waals surface area contributed by atoms with E-state index in [1.54, 1.807) is 43.3 Å². The molecule has 0 aliphatic carbocycles. The molecule has 3 aromatic carbocycles. The van der Waals surface area contributed by atoms with E-state index < -0.39 is 29.3 Å². The lowest BCUT2D eigenvalue weighted by Gasteiger charge is -2.26. The Balaban J connectivity index is 1.91. The highest BCUT2D eigenvalue weighted by Gasteiger charge is 2.48. The molecule has 0 radical (unpaired) electrons. The number of phenolic OH excluding ortho intramolecular Hbond substituents is 1. The SMILES string of the molecule is CCCOc1ccc(/C(O)=C2\C(=O)C(=O)N(c3ccccc3O)C2c2ccccc2F)cc1C. The van der Waals surface area contributed by atoms with Crippen molar-refractivity contribution in [3.05, 3.63) is 94.8 Å². The summed E-state index contributed by atoms with van der Waals surface area (Å²) in [5, 5.41) is 21.6. The number of aliphatic hydroxyl groups is 1. The summed E-state index contributed by atoms with van der Waals surface area (Å²) in [6, 6.07) is 15.3. The third kappa shape index (κ3) is 4.01. The second-order valence-electron chi connectivity index (χ2n) is 8.01. The van der Waals surface area contributed by atoms with Crippen molar-refractivity contribution >= 4 is 23.1 Å². The van der Waals surface area contributed by atoms with E-state index in [9.17, 15) is 24.2 Å². The zero-order valence-electron chi connectivity index (χ0n) is 18.8. The molecule has 174 valence electrons. The average molecular weight is 461 g/mol. The van der Waals surface area contributed by atoms with E-state index in [1.807, 2.05) is 6.92 Å². The van der Waals surface area contributed by atoms with Crippen molar-refractivity contribution in [2.24, 2.45) is 0 Å². The maximum Gasteiger partial charge on any atom is 0.300 e. The second-order valence-corrected chi connectivity index (χ2v) is 8.01. The molecule has 4 rings (SSSR count). The molecule has 1 atom stereocenters. The number of hydrogen-bond donors (Lipinski definition) is 2. The fourth-order valence-electron chi connectivity index (χ4n) is 4.07. The molecule has 0 bridgehead atoms. The van der Waals surface area contributed by atoms with E-state index in [2.05, 4.69) is 0 Å². The van der Waals surface area contributed by atoms with Crippen molar-refractivity contribution in [3.8, 4) is 11.5 Å². The van der Waals surface area contributed by atoms with Gasteiger partial charge in [-0.25, -0.2) is 4.39 Å². The standard InChI is InChI=1S/C27H24FNO5/c1-3-14-34-22-13-12-17(15-16(22)2)25(31)23-24(18-8-4-5-9-19(18)28)29(27(33)26(23)32)20-10-6-7-11-21(20)30/h4-13,15,24,30-31H,3,14H2,1-2H3/b25-23+. The summed E-state index contributed by atoms with van der Waals surface area (Å²) >= 11 is 0. The predicted octanol–water partition coefficient (Wildman–Crippen LogP) is 5.25. The van der Waals surface area contributed by atoms with Crippen LogP contribution in [-0.2, 0) is 9.59 Å². The van der Waals surface area contributed by atoms with Crippen molar-refractivity contribution in [1.82, 2.24) is 0 Å². The highest BCUT2D eigenvalue weighted by Crippen LogP contribution is 2.45. The minimum absolute atomic E-state index is 0.0196. The number of carbonyl (C=O) groups excluding carboxylic acids is 2. The molecule has 7 heteroatoms. The van der Waals surface area contributed by atoms with Gasteiger partial charge in [0.1, 0.15) is 23.1 Å². The van der Waals surface area contributed by atoms with Crippen LogP contribution in [0.25, 0.3) is 5.76 Å². The summed E-state index contributed by atoms with van der Waals surface area (Å²) < 4.78 is 20.6. The number of ether oxygens (including phenoxy) is 1. The first-order valence-corrected chi connectivity index (χ1v) is 10.9. The topological polar surface area (TPSA) is 87.1 Å². The summed E-state index contributed by atoms with van der Waals surface area (Å²) in [5.41, 5.74) is 0.815. The van der Waals surface area contributed by atoms with Gasteiger partial charge in [0.2, 0.25) is 0 Å². The van der Waals surface area contributed by atoms with Crippen LogP contribution in [0.2, 0.25) is 0 Å². The Morgan fingerprint density at radius 2 is 1.76 bits per heavy atom. The van der Waals surface area contributed by atoms with Gasteiger partial charge in [-0.2, -0.15) is 0 Å². The first kappa shape index (κ1) is 23.0. The maximum atomic E-state index is 14.9. The molecule has 1 fully saturated rings. The molecule has 1 heterocycles. The lowest BCUT2D eigenvalue weighted by atomic mass is 9.94. The minimum Gasteiger partial charge on any atom is -0.507 e. The highest BCUT2D eigenvalue weighted by molar-refractivity contribution is 6.51. The second kappa shape index (κ2) is 9.39. The summed E-state index contributed by atoms with van der Waals surface area (Å²) in [6.07, 6.45) is 0.833. The number of halogens is 1. The molecule has 34 heavy (non-hydrogen) atoms. The number of aliphatic hydroxyl groups excluding tert-OH is 1. The molecule has 2 N–H and O–H groups in total. The zero-order valence-corrected chi connectivity index (χ0v) is 18.8. The molecule has 1 amide bonds. The van der Waals surface area contributed by atoms with E-state index in [-0.39, 0.29) is 28.1 Å². The zero-order chi connectivity index (χ0) is 24.4. The number of Topliss-reactive ketones (excluding diaryl/α,β-unsaturated/α-hetero) is 1. The third-order valence-corrected chi connectivity index (χ3v) is 5.70. The molecule has 3 aromatic rings. The van der Waals surface area contributed by atoms with Crippen LogP contribution in [0.15, 0.2) is 72.3 Å². The summed E-state index contributed by atoms with van der Waals surface area (Å²) in [4.78, 5) is 27.3. The van der Waals surface area contributed by atoms with Gasteiger partial charge in [0.15, 0.2) is 0 Å². The lowest BCUT2D eigenvalue weighted by molar-refractivity contribution is -0.132.